The molecule has 15 nitrogen and oxygen atoms in total. The van der Waals surface area contributed by atoms with Gasteiger partial charge in [-0.15, -0.1) is 0 Å². The van der Waals surface area contributed by atoms with Gasteiger partial charge in [0.1, 0.15) is 10.8 Å². The van der Waals surface area contributed by atoms with Crippen molar-refractivity contribution in [2.75, 3.05) is 66.3 Å². The summed E-state index contributed by atoms with van der Waals surface area (Å²) in [5.41, 5.74) is 2.30. The van der Waals surface area contributed by atoms with Crippen molar-refractivity contribution in [3.63, 3.8) is 0 Å². The molecule has 64 heavy (non-hydrogen) atoms. The molecule has 5 aliphatic rings. The molecule has 7 heterocycles. The second-order valence-electron chi connectivity index (χ2n) is 18.8. The predicted molar refractivity (Wildman–Crippen MR) is 239 cm³/mol. The summed E-state index contributed by atoms with van der Waals surface area (Å²) in [6.07, 6.45) is 5.38. The molecule has 19 heteroatoms. The number of aryl methyl sites for hydroxylation is 2. The van der Waals surface area contributed by atoms with E-state index < -0.39 is 35.9 Å². The van der Waals surface area contributed by atoms with Crippen molar-refractivity contribution in [1.29, 1.82) is 0 Å². The Morgan fingerprint density at radius 2 is 1.75 bits per heavy atom. The number of nitrogens with one attached hydrogen (secondary N) is 3. The number of anilines is 5. The third-order valence-electron chi connectivity index (χ3n) is 13.8. The number of hydrogen-bond acceptors (Lipinski definition) is 12. The highest BCUT2D eigenvalue weighted by Gasteiger charge is 2.51. The van der Waals surface area contributed by atoms with Gasteiger partial charge < -0.3 is 29.7 Å². The number of fused-ring (bicyclic) bond motifs is 4. The molecule has 10 rings (SSSR count). The van der Waals surface area contributed by atoms with Crippen molar-refractivity contribution >= 4 is 74.0 Å². The molecule has 1 aliphatic carbocycles. The van der Waals surface area contributed by atoms with Gasteiger partial charge in [-0.25, -0.2) is 18.2 Å². The van der Waals surface area contributed by atoms with E-state index in [9.17, 15) is 14.4 Å². The molecule has 3 aromatic heterocycles. The Morgan fingerprint density at radius 1 is 0.969 bits per heavy atom. The number of ether oxygens (including phenoxy) is 1. The highest BCUT2D eigenvalue weighted by molar-refractivity contribution is 6.33. The largest absolute Gasteiger partial charge is 0.480 e. The highest BCUT2D eigenvalue weighted by atomic mass is 35.5. The topological polar surface area (TPSA) is 155 Å². The number of imide groups is 1. The maximum atomic E-state index is 15.8. The van der Waals surface area contributed by atoms with Gasteiger partial charge in [0.15, 0.2) is 12.4 Å². The van der Waals surface area contributed by atoms with E-state index in [0.717, 1.165) is 68.7 Å². The van der Waals surface area contributed by atoms with E-state index in [1.165, 1.54) is 29.9 Å². The first-order valence-corrected chi connectivity index (χ1v) is 22.4. The molecule has 0 spiro atoms. The lowest BCUT2D eigenvalue weighted by Crippen LogP contribution is -2.60. The Hall–Kier alpha value is -5.62. The molecule has 1 saturated carbocycles. The number of amides is 2. The first-order valence-electron chi connectivity index (χ1n) is 22.0. The van der Waals surface area contributed by atoms with Crippen LogP contribution in [0.5, 0.6) is 5.75 Å². The van der Waals surface area contributed by atoms with Crippen molar-refractivity contribution in [2.24, 2.45) is 25.9 Å². The SMILES string of the molecule is Cn1nc(C2CCC(=O)NC2=O)c2ccc(N3CCN(CC4CCN(c5ncc(Cl)c(Nc6cc7c8c(c(=O)n(C)c7cc6F)OCC(F)(F)C(C6CC6)N8)n5)CC4)CC3(C)C)cc21. The van der Waals surface area contributed by atoms with Crippen LogP contribution in [0.25, 0.3) is 21.8 Å². The maximum Gasteiger partial charge on any atom is 0.301 e. The molecule has 0 bridgehead atoms. The average Bonchev–Trinajstić information content (AvgIpc) is 4.06. The molecule has 0 radical (unpaired) electrons. The summed E-state index contributed by atoms with van der Waals surface area (Å²) in [6.45, 7) is 8.66. The summed E-state index contributed by atoms with van der Waals surface area (Å²) in [4.78, 5) is 54.0. The lowest BCUT2D eigenvalue weighted by atomic mass is 9.92. The van der Waals surface area contributed by atoms with Gasteiger partial charge in [-0.1, -0.05) is 11.6 Å². The maximum absolute atomic E-state index is 15.8. The molecule has 2 aromatic carbocycles. The quantitative estimate of drug-likeness (QED) is 0.150. The standard InChI is InChI=1S/C45H51ClF3N11O4/c1-44(2)22-58(15-16-60(44)26-7-8-27-34(17-26)57(4)55-36(27)28-9-10-35(61)52-41(28)62)21-24-11-13-59(14-12-24)43-50-20-30(46)40(54-43)51-32-18-29-33(19-31(32)47)56(3)42(63)38-37(29)53-39(25-5-6-25)45(48,49)23-64-38/h7-8,17-20,24-25,28,39,53H,5-6,9-16,21-23H2,1-4H3,(H,50,51,54)(H,52,61,62). The minimum atomic E-state index is -3.21. The first-order chi connectivity index (χ1) is 30.5. The summed E-state index contributed by atoms with van der Waals surface area (Å²) >= 11 is 6.58. The van der Waals surface area contributed by atoms with Gasteiger partial charge in [0.05, 0.1) is 46.3 Å². The average molecular weight is 902 g/mol. The van der Waals surface area contributed by atoms with E-state index in [1.807, 2.05) is 11.7 Å². The fourth-order valence-electron chi connectivity index (χ4n) is 10.3. The first kappa shape index (κ1) is 42.3. The third-order valence-corrected chi connectivity index (χ3v) is 14.1. The lowest BCUT2D eigenvalue weighted by Gasteiger charge is -2.49. The van der Waals surface area contributed by atoms with Crippen LogP contribution < -0.4 is 36.0 Å². The van der Waals surface area contributed by atoms with Gasteiger partial charge in [-0.2, -0.15) is 10.1 Å². The van der Waals surface area contributed by atoms with Crippen LogP contribution in [0.2, 0.25) is 5.02 Å². The number of carbonyl (C=O) groups is 2. The van der Waals surface area contributed by atoms with Crippen LogP contribution in [0.3, 0.4) is 0 Å². The zero-order chi connectivity index (χ0) is 44.8. The predicted octanol–water partition coefficient (Wildman–Crippen LogP) is 6.31. The molecule has 2 atom stereocenters. The van der Waals surface area contributed by atoms with Gasteiger partial charge in [-0.05, 0) is 82.1 Å². The third kappa shape index (κ3) is 7.65. The van der Waals surface area contributed by atoms with Crippen molar-refractivity contribution in [3.8, 4) is 5.75 Å². The fraction of sp³-hybridized carbons (Fsp3) is 0.511. The van der Waals surface area contributed by atoms with Crippen molar-refractivity contribution in [2.45, 2.75) is 75.8 Å². The van der Waals surface area contributed by atoms with E-state index in [4.69, 9.17) is 26.4 Å². The van der Waals surface area contributed by atoms with Gasteiger partial charge in [0.25, 0.3) is 5.56 Å². The van der Waals surface area contributed by atoms with Gasteiger partial charge in [0, 0.05) is 87.8 Å². The Balaban J connectivity index is 0.794. The molecule has 3 N–H and O–H groups in total. The Bertz CT molecular complexity index is 2770. The number of halogens is 4. The van der Waals surface area contributed by atoms with Crippen LogP contribution >= 0.6 is 11.6 Å². The Labute approximate surface area is 372 Å². The molecule has 338 valence electrons. The molecule has 4 fully saturated rings. The van der Waals surface area contributed by atoms with Crippen molar-refractivity contribution in [1.82, 2.24) is 34.5 Å². The number of hydrogen-bond donors (Lipinski definition) is 3. The van der Waals surface area contributed by atoms with E-state index >= 15 is 13.2 Å². The molecule has 3 saturated heterocycles. The van der Waals surface area contributed by atoms with Gasteiger partial charge in [0.2, 0.25) is 23.5 Å². The molecule has 2 unspecified atom stereocenters. The van der Waals surface area contributed by atoms with Crippen molar-refractivity contribution < 1.29 is 27.5 Å². The van der Waals surface area contributed by atoms with Crippen molar-refractivity contribution in [3.05, 3.63) is 63.4 Å². The second kappa shape index (κ2) is 15.8. The van der Waals surface area contributed by atoms with E-state index in [0.29, 0.717) is 48.6 Å². The number of piperidine rings is 2. The summed E-state index contributed by atoms with van der Waals surface area (Å²) in [6, 6.07) is 7.77. The minimum Gasteiger partial charge on any atom is -0.480 e. The summed E-state index contributed by atoms with van der Waals surface area (Å²) < 4.78 is 54.7. The number of carbonyl (C=O) groups excluding carboxylic acids is 2. The highest BCUT2D eigenvalue weighted by Crippen LogP contribution is 2.46. The summed E-state index contributed by atoms with van der Waals surface area (Å²) in [5.74, 6) is -4.25. The van der Waals surface area contributed by atoms with Crippen LogP contribution in [0.4, 0.5) is 42.0 Å². The van der Waals surface area contributed by atoms with Gasteiger partial charge in [-0.3, -0.25) is 29.3 Å². The van der Waals surface area contributed by atoms with Crippen LogP contribution in [0, 0.1) is 17.7 Å². The zero-order valence-corrected chi connectivity index (χ0v) is 36.9. The molecule has 2 amide bonds. The number of nitrogens with zero attached hydrogens (tertiary/aromatic N) is 8. The number of benzene rings is 2. The van der Waals surface area contributed by atoms with E-state index in [1.54, 1.807) is 0 Å². The van der Waals surface area contributed by atoms with Crippen LogP contribution in [-0.2, 0) is 23.7 Å². The van der Waals surface area contributed by atoms with E-state index in [-0.39, 0.29) is 56.8 Å². The fourth-order valence-corrected chi connectivity index (χ4v) is 10.4. The molecule has 4 aliphatic heterocycles. The minimum absolute atomic E-state index is 0.00106. The number of aromatic nitrogens is 5. The number of rotatable bonds is 8. The number of pyridine rings is 1. The summed E-state index contributed by atoms with van der Waals surface area (Å²) in [7, 11) is 3.35. The Kier molecular flexibility index (Phi) is 10.5. The van der Waals surface area contributed by atoms with Crippen LogP contribution in [0.15, 0.2) is 41.3 Å². The summed E-state index contributed by atoms with van der Waals surface area (Å²) in [5, 5.41) is 14.6. The zero-order valence-electron chi connectivity index (χ0n) is 36.2. The number of piperazine rings is 1. The van der Waals surface area contributed by atoms with E-state index in [2.05, 4.69) is 67.7 Å². The number of alkyl halides is 2. The lowest BCUT2D eigenvalue weighted by molar-refractivity contribution is -0.134. The van der Waals surface area contributed by atoms with Crippen LogP contribution in [-0.4, -0.2) is 104 Å². The molecular weight excluding hydrogens is 851 g/mol. The van der Waals surface area contributed by atoms with Gasteiger partial charge >= 0.3 is 5.92 Å². The normalized spacial score (nSPS) is 22.8. The molecule has 5 aromatic rings. The van der Waals surface area contributed by atoms with Crippen LogP contribution in [0.1, 0.15) is 64.0 Å². The second-order valence-corrected chi connectivity index (χ2v) is 19.2. The smallest absolute Gasteiger partial charge is 0.301 e. The molecular formula is C45H51ClF3N11O4. The monoisotopic (exact) mass is 901 g/mol. The Morgan fingerprint density at radius 3 is 2.48 bits per heavy atom.